The van der Waals surface area contributed by atoms with Crippen molar-refractivity contribution in [3.8, 4) is 0 Å². The largest absolute Gasteiger partial charge is 0.481 e. The first-order valence-electron chi connectivity index (χ1n) is 5.23. The number of rotatable bonds is 6. The van der Waals surface area contributed by atoms with Crippen molar-refractivity contribution in [2.45, 2.75) is 32.2 Å². The van der Waals surface area contributed by atoms with Crippen molar-refractivity contribution in [1.29, 1.82) is 0 Å². The molecule has 0 radical (unpaired) electrons. The highest BCUT2D eigenvalue weighted by Gasteiger charge is 2.26. The fraction of sp³-hybridized carbons (Fsp3) is 0.900. The van der Waals surface area contributed by atoms with Gasteiger partial charge in [0, 0.05) is 19.1 Å². The average molecular weight is 201 g/mol. The van der Waals surface area contributed by atoms with Crippen molar-refractivity contribution in [3.63, 3.8) is 0 Å². The molecule has 0 aromatic carbocycles. The van der Waals surface area contributed by atoms with Crippen molar-refractivity contribution in [2.75, 3.05) is 19.7 Å². The second-order valence-electron chi connectivity index (χ2n) is 4.04. The maximum absolute atomic E-state index is 10.7. The molecule has 0 aromatic rings. The molecule has 0 aromatic heterocycles. The summed E-state index contributed by atoms with van der Waals surface area (Å²) in [5, 5.41) is 17.7. The third-order valence-corrected chi connectivity index (χ3v) is 2.91. The monoisotopic (exact) mass is 201 g/mol. The van der Waals surface area contributed by atoms with Gasteiger partial charge in [-0.15, -0.1) is 0 Å². The minimum absolute atomic E-state index is 0.114. The van der Waals surface area contributed by atoms with E-state index in [1.54, 1.807) is 6.92 Å². The summed E-state index contributed by atoms with van der Waals surface area (Å²) < 4.78 is 0. The van der Waals surface area contributed by atoms with Gasteiger partial charge in [0.2, 0.25) is 0 Å². The molecule has 1 saturated carbocycles. The lowest BCUT2D eigenvalue weighted by Gasteiger charge is -2.38. The second kappa shape index (κ2) is 5.32. The fourth-order valence-electron chi connectivity index (χ4n) is 1.73. The van der Waals surface area contributed by atoms with Crippen LogP contribution in [0.15, 0.2) is 0 Å². The Morgan fingerprint density at radius 3 is 2.57 bits per heavy atom. The lowest BCUT2D eigenvalue weighted by molar-refractivity contribution is -0.142. The Labute approximate surface area is 84.5 Å². The minimum atomic E-state index is -0.757. The molecule has 1 aliphatic rings. The van der Waals surface area contributed by atoms with Crippen molar-refractivity contribution >= 4 is 5.97 Å². The first-order chi connectivity index (χ1) is 6.65. The standard InChI is InChI=1S/C10H19NO3/c1-8(10(13)14)7-11(5-6-12)9-3-2-4-9/h8-9,12H,2-7H2,1H3,(H,13,14). The molecule has 0 saturated heterocycles. The smallest absolute Gasteiger partial charge is 0.307 e. The number of carbonyl (C=O) groups is 1. The first-order valence-corrected chi connectivity index (χ1v) is 5.23. The van der Waals surface area contributed by atoms with Gasteiger partial charge in [0.25, 0.3) is 0 Å². The molecule has 2 N–H and O–H groups in total. The van der Waals surface area contributed by atoms with Crippen LogP contribution in [0, 0.1) is 5.92 Å². The minimum Gasteiger partial charge on any atom is -0.481 e. The van der Waals surface area contributed by atoms with Gasteiger partial charge in [-0.1, -0.05) is 13.3 Å². The Hall–Kier alpha value is -0.610. The molecule has 1 aliphatic carbocycles. The Morgan fingerprint density at radius 1 is 1.57 bits per heavy atom. The number of hydrogen-bond donors (Lipinski definition) is 2. The molecule has 0 spiro atoms. The van der Waals surface area contributed by atoms with E-state index >= 15 is 0 Å². The van der Waals surface area contributed by atoms with Gasteiger partial charge in [-0.2, -0.15) is 0 Å². The van der Waals surface area contributed by atoms with E-state index in [-0.39, 0.29) is 12.5 Å². The van der Waals surface area contributed by atoms with Gasteiger partial charge in [-0.05, 0) is 12.8 Å². The molecule has 0 aliphatic heterocycles. The molecule has 0 bridgehead atoms. The molecule has 82 valence electrons. The Kier molecular flexibility index (Phi) is 4.35. The summed E-state index contributed by atoms with van der Waals surface area (Å²) in [6, 6.07) is 0.504. The zero-order valence-electron chi connectivity index (χ0n) is 8.65. The third kappa shape index (κ3) is 2.96. The summed E-state index contributed by atoms with van der Waals surface area (Å²) in [6.07, 6.45) is 3.52. The highest BCUT2D eigenvalue weighted by Crippen LogP contribution is 2.25. The average Bonchev–Trinajstić information content (AvgIpc) is 2.01. The summed E-state index contributed by atoms with van der Waals surface area (Å²) in [7, 11) is 0. The Balaban J connectivity index is 2.37. The summed E-state index contributed by atoms with van der Waals surface area (Å²) in [6.45, 7) is 2.98. The molecule has 1 unspecified atom stereocenters. The molecule has 1 atom stereocenters. The number of aliphatic hydroxyl groups is 1. The summed E-state index contributed by atoms with van der Waals surface area (Å²) in [4.78, 5) is 12.8. The van der Waals surface area contributed by atoms with Crippen LogP contribution >= 0.6 is 0 Å². The highest BCUT2D eigenvalue weighted by atomic mass is 16.4. The van der Waals surface area contributed by atoms with Crippen LogP contribution in [0.4, 0.5) is 0 Å². The van der Waals surface area contributed by atoms with Crippen LogP contribution in [0.2, 0.25) is 0 Å². The summed E-state index contributed by atoms with van der Waals surface area (Å²) in [5.74, 6) is -1.10. The van der Waals surface area contributed by atoms with E-state index in [0.717, 1.165) is 12.8 Å². The number of aliphatic carboxylic acids is 1. The van der Waals surface area contributed by atoms with Crippen LogP contribution in [-0.2, 0) is 4.79 Å². The molecule has 4 nitrogen and oxygen atoms in total. The topological polar surface area (TPSA) is 60.8 Å². The maximum atomic E-state index is 10.7. The Bertz CT molecular complexity index is 192. The third-order valence-electron chi connectivity index (χ3n) is 2.91. The van der Waals surface area contributed by atoms with Crippen molar-refractivity contribution < 1.29 is 15.0 Å². The normalized spacial score (nSPS) is 19.4. The van der Waals surface area contributed by atoms with Gasteiger partial charge in [-0.3, -0.25) is 9.69 Å². The van der Waals surface area contributed by atoms with Gasteiger partial charge in [0.1, 0.15) is 0 Å². The van der Waals surface area contributed by atoms with Gasteiger partial charge in [0.15, 0.2) is 0 Å². The number of carboxylic acids is 1. The van der Waals surface area contributed by atoms with E-state index in [2.05, 4.69) is 4.90 Å². The van der Waals surface area contributed by atoms with E-state index in [0.29, 0.717) is 19.1 Å². The van der Waals surface area contributed by atoms with Gasteiger partial charge in [-0.25, -0.2) is 0 Å². The van der Waals surface area contributed by atoms with Crippen LogP contribution < -0.4 is 0 Å². The lowest BCUT2D eigenvalue weighted by atomic mass is 9.91. The van der Waals surface area contributed by atoms with E-state index in [1.807, 2.05) is 0 Å². The van der Waals surface area contributed by atoms with Gasteiger partial charge >= 0.3 is 5.97 Å². The molecular formula is C10H19NO3. The van der Waals surface area contributed by atoms with Crippen molar-refractivity contribution in [3.05, 3.63) is 0 Å². The molecule has 1 fully saturated rings. The van der Waals surface area contributed by atoms with Crippen LogP contribution in [0.25, 0.3) is 0 Å². The molecule has 0 amide bonds. The fourth-order valence-corrected chi connectivity index (χ4v) is 1.73. The number of nitrogens with zero attached hydrogens (tertiary/aromatic N) is 1. The SMILES string of the molecule is CC(CN(CCO)C1CCC1)C(=O)O. The molecule has 0 heterocycles. The number of carboxylic acid groups (broad SMARTS) is 1. The molecule has 14 heavy (non-hydrogen) atoms. The lowest BCUT2D eigenvalue weighted by Crippen LogP contribution is -2.45. The number of hydrogen-bond acceptors (Lipinski definition) is 3. The molecular weight excluding hydrogens is 182 g/mol. The first kappa shape index (κ1) is 11.5. The van der Waals surface area contributed by atoms with E-state index in [4.69, 9.17) is 10.2 Å². The summed E-state index contributed by atoms with van der Waals surface area (Å²) in [5.41, 5.74) is 0. The van der Waals surface area contributed by atoms with Crippen LogP contribution in [0.5, 0.6) is 0 Å². The predicted octanol–water partition coefficient (Wildman–Crippen LogP) is 0.554. The van der Waals surface area contributed by atoms with E-state index < -0.39 is 5.97 Å². The van der Waals surface area contributed by atoms with Crippen molar-refractivity contribution in [1.82, 2.24) is 4.90 Å². The Morgan fingerprint density at radius 2 is 2.21 bits per heavy atom. The van der Waals surface area contributed by atoms with Crippen molar-refractivity contribution in [2.24, 2.45) is 5.92 Å². The van der Waals surface area contributed by atoms with Crippen LogP contribution in [-0.4, -0.2) is 46.8 Å². The molecule has 1 rings (SSSR count). The summed E-state index contributed by atoms with van der Waals surface area (Å²) >= 11 is 0. The quantitative estimate of drug-likeness (QED) is 0.659. The van der Waals surface area contributed by atoms with Gasteiger partial charge in [0.05, 0.1) is 12.5 Å². The second-order valence-corrected chi connectivity index (χ2v) is 4.04. The number of aliphatic hydroxyl groups excluding tert-OH is 1. The predicted molar refractivity (Wildman–Crippen MR) is 53.1 cm³/mol. The highest BCUT2D eigenvalue weighted by molar-refractivity contribution is 5.69. The maximum Gasteiger partial charge on any atom is 0.307 e. The van der Waals surface area contributed by atoms with Crippen LogP contribution in [0.1, 0.15) is 26.2 Å². The van der Waals surface area contributed by atoms with Gasteiger partial charge < -0.3 is 10.2 Å². The van der Waals surface area contributed by atoms with E-state index in [1.165, 1.54) is 6.42 Å². The molecule has 4 heteroatoms. The van der Waals surface area contributed by atoms with E-state index in [9.17, 15) is 4.79 Å². The zero-order chi connectivity index (χ0) is 10.6. The zero-order valence-corrected chi connectivity index (χ0v) is 8.65. The van der Waals surface area contributed by atoms with Crippen LogP contribution in [0.3, 0.4) is 0 Å².